The van der Waals surface area contributed by atoms with Crippen molar-refractivity contribution >= 4 is 10.9 Å². The molecule has 0 saturated heterocycles. The molecule has 0 bridgehead atoms. The second-order valence-corrected chi connectivity index (χ2v) is 9.77. The number of benzene rings is 2. The Morgan fingerprint density at radius 3 is 2.57 bits per heavy atom. The molecule has 4 aromatic rings. The van der Waals surface area contributed by atoms with E-state index >= 15 is 0 Å². The monoisotopic (exact) mass is 474 g/mol. The number of pyridine rings is 1. The van der Waals surface area contributed by atoms with E-state index in [1.807, 2.05) is 23.7 Å². The number of aromatic amines is 1. The maximum Gasteiger partial charge on any atom is 0.252 e. The highest BCUT2D eigenvalue weighted by Gasteiger charge is 2.22. The number of hydrogen-bond donors (Lipinski definition) is 1. The Balaban J connectivity index is 1.46. The number of tetrazole rings is 1. The Hall–Kier alpha value is -3.39. The molecule has 1 aliphatic carbocycles. The van der Waals surface area contributed by atoms with E-state index in [9.17, 15) is 9.18 Å². The Labute approximate surface area is 204 Å². The van der Waals surface area contributed by atoms with E-state index in [0.29, 0.717) is 31.2 Å². The molecule has 0 atom stereocenters. The predicted octanol–water partition coefficient (Wildman–Crippen LogP) is 4.98. The predicted molar refractivity (Wildman–Crippen MR) is 133 cm³/mol. The molecule has 1 fully saturated rings. The molecule has 0 amide bonds. The first-order valence-electron chi connectivity index (χ1n) is 12.3. The summed E-state index contributed by atoms with van der Waals surface area (Å²) in [6, 6.07) is 12.9. The van der Waals surface area contributed by atoms with Gasteiger partial charge in [0, 0.05) is 29.6 Å². The zero-order valence-electron chi connectivity index (χ0n) is 20.3. The Morgan fingerprint density at radius 1 is 1.03 bits per heavy atom. The van der Waals surface area contributed by atoms with Gasteiger partial charge in [-0.2, -0.15) is 0 Å². The molecule has 35 heavy (non-hydrogen) atoms. The summed E-state index contributed by atoms with van der Waals surface area (Å²) >= 11 is 0. The highest BCUT2D eigenvalue weighted by atomic mass is 19.1. The first kappa shape index (κ1) is 23.4. The lowest BCUT2D eigenvalue weighted by atomic mass is 9.95. The summed E-state index contributed by atoms with van der Waals surface area (Å²) in [7, 11) is 0. The third kappa shape index (κ3) is 5.32. The van der Waals surface area contributed by atoms with Gasteiger partial charge in [0.15, 0.2) is 5.82 Å². The minimum absolute atomic E-state index is 0.0986. The summed E-state index contributed by atoms with van der Waals surface area (Å²) in [6.07, 6.45) is 5.80. The van der Waals surface area contributed by atoms with Crippen LogP contribution in [0.1, 0.15) is 66.2 Å². The van der Waals surface area contributed by atoms with Crippen LogP contribution in [0.2, 0.25) is 0 Å². The van der Waals surface area contributed by atoms with Gasteiger partial charge in [0.2, 0.25) is 0 Å². The molecule has 2 aromatic carbocycles. The van der Waals surface area contributed by atoms with E-state index < -0.39 is 0 Å². The second kappa shape index (κ2) is 10.1. The number of hydrogen-bond acceptors (Lipinski definition) is 5. The maximum absolute atomic E-state index is 13.5. The van der Waals surface area contributed by atoms with E-state index in [4.69, 9.17) is 0 Å². The van der Waals surface area contributed by atoms with Gasteiger partial charge in [0.25, 0.3) is 5.56 Å². The fourth-order valence-electron chi connectivity index (χ4n) is 5.22. The largest absolute Gasteiger partial charge is 0.322 e. The topological polar surface area (TPSA) is 79.7 Å². The molecule has 0 spiro atoms. The van der Waals surface area contributed by atoms with Crippen LogP contribution in [0.5, 0.6) is 0 Å². The van der Waals surface area contributed by atoms with Crippen molar-refractivity contribution in [1.82, 2.24) is 30.1 Å². The van der Waals surface area contributed by atoms with Gasteiger partial charge in [-0.3, -0.25) is 9.69 Å². The quantitative estimate of drug-likeness (QED) is 0.409. The number of aryl methyl sites for hydroxylation is 2. The molecule has 1 aliphatic rings. The highest BCUT2D eigenvalue weighted by Crippen LogP contribution is 2.28. The van der Waals surface area contributed by atoms with Gasteiger partial charge in [0.05, 0.1) is 12.6 Å². The van der Waals surface area contributed by atoms with Gasteiger partial charge in [-0.25, -0.2) is 9.07 Å². The molecular formula is C27H31FN6O. The van der Waals surface area contributed by atoms with E-state index in [2.05, 4.69) is 38.4 Å². The van der Waals surface area contributed by atoms with Crippen LogP contribution in [0, 0.1) is 19.7 Å². The van der Waals surface area contributed by atoms with Gasteiger partial charge in [-0.1, -0.05) is 37.5 Å². The van der Waals surface area contributed by atoms with Crippen LogP contribution >= 0.6 is 0 Å². The van der Waals surface area contributed by atoms with Crippen molar-refractivity contribution in [1.29, 1.82) is 0 Å². The van der Waals surface area contributed by atoms with Crippen molar-refractivity contribution < 1.29 is 4.39 Å². The number of fused-ring (bicyclic) bond motifs is 1. The second-order valence-electron chi connectivity index (χ2n) is 9.77. The van der Waals surface area contributed by atoms with Crippen LogP contribution in [0.15, 0.2) is 47.3 Å². The number of H-pyrrole nitrogens is 1. The summed E-state index contributed by atoms with van der Waals surface area (Å²) in [4.78, 5) is 18.2. The SMILES string of the molecule is Cc1cc(C)c2cc(CN(Cc3ccc(F)cc3)Cc3nnnn3C3CCCCC3)c(=O)[nH]c2c1. The lowest BCUT2D eigenvalue weighted by Crippen LogP contribution is -2.29. The molecule has 1 N–H and O–H groups in total. The van der Waals surface area contributed by atoms with Crippen LogP contribution in [-0.4, -0.2) is 30.1 Å². The van der Waals surface area contributed by atoms with E-state index in [0.717, 1.165) is 46.3 Å². The average Bonchev–Trinajstić information content (AvgIpc) is 3.30. The summed E-state index contributed by atoms with van der Waals surface area (Å²) in [6.45, 7) is 5.55. The van der Waals surface area contributed by atoms with Crippen molar-refractivity contribution in [3.05, 3.63) is 86.7 Å². The first-order chi connectivity index (χ1) is 17.0. The highest BCUT2D eigenvalue weighted by molar-refractivity contribution is 5.83. The Morgan fingerprint density at radius 2 is 1.80 bits per heavy atom. The molecule has 5 rings (SSSR count). The lowest BCUT2D eigenvalue weighted by Gasteiger charge is -2.25. The zero-order valence-corrected chi connectivity index (χ0v) is 20.3. The van der Waals surface area contributed by atoms with Crippen molar-refractivity contribution in [3.8, 4) is 0 Å². The molecule has 0 radical (unpaired) electrons. The summed E-state index contributed by atoms with van der Waals surface area (Å²) in [5, 5.41) is 13.7. The fourth-order valence-corrected chi connectivity index (χ4v) is 5.22. The minimum Gasteiger partial charge on any atom is -0.322 e. The zero-order chi connectivity index (χ0) is 24.4. The number of halogens is 1. The number of aromatic nitrogens is 5. The third-order valence-corrected chi connectivity index (χ3v) is 6.95. The first-order valence-corrected chi connectivity index (χ1v) is 12.3. The molecule has 182 valence electrons. The van der Waals surface area contributed by atoms with Crippen LogP contribution in [0.4, 0.5) is 4.39 Å². The lowest BCUT2D eigenvalue weighted by molar-refractivity contribution is 0.225. The molecular weight excluding hydrogens is 443 g/mol. The van der Waals surface area contributed by atoms with Gasteiger partial charge < -0.3 is 4.98 Å². The minimum atomic E-state index is -0.265. The van der Waals surface area contributed by atoms with Crippen molar-refractivity contribution in [2.45, 2.75) is 71.6 Å². The van der Waals surface area contributed by atoms with Crippen LogP contribution in [0.3, 0.4) is 0 Å². The Bertz CT molecular complexity index is 1370. The van der Waals surface area contributed by atoms with Crippen molar-refractivity contribution in [2.24, 2.45) is 0 Å². The maximum atomic E-state index is 13.5. The number of nitrogens with one attached hydrogen (secondary N) is 1. The number of nitrogens with zero attached hydrogens (tertiary/aromatic N) is 5. The third-order valence-electron chi connectivity index (χ3n) is 6.95. The molecule has 8 heteroatoms. The molecule has 0 unspecified atom stereocenters. The summed E-state index contributed by atoms with van der Waals surface area (Å²) in [5.74, 6) is 0.529. The van der Waals surface area contributed by atoms with E-state index in [1.165, 1.54) is 31.4 Å². The smallest absolute Gasteiger partial charge is 0.252 e. The standard InChI is InChI=1S/C27H31FN6O/c1-18-12-19(2)24-14-21(27(35)29-25(24)13-18)16-33(15-20-8-10-22(28)11-9-20)17-26-30-31-32-34(26)23-6-4-3-5-7-23/h8-14,23H,3-7,15-17H2,1-2H3,(H,29,35). The van der Waals surface area contributed by atoms with Gasteiger partial charge >= 0.3 is 0 Å². The molecule has 2 heterocycles. The normalized spacial score (nSPS) is 14.7. The van der Waals surface area contributed by atoms with Crippen molar-refractivity contribution in [3.63, 3.8) is 0 Å². The molecule has 2 aromatic heterocycles. The molecule has 0 aliphatic heterocycles. The molecule has 1 saturated carbocycles. The fraction of sp³-hybridized carbons (Fsp3) is 0.407. The van der Waals surface area contributed by atoms with E-state index in [-0.39, 0.29) is 11.4 Å². The van der Waals surface area contributed by atoms with Crippen LogP contribution in [0.25, 0.3) is 10.9 Å². The summed E-state index contributed by atoms with van der Waals surface area (Å²) in [5.41, 5.74) is 4.64. The average molecular weight is 475 g/mol. The van der Waals surface area contributed by atoms with Crippen LogP contribution < -0.4 is 5.56 Å². The van der Waals surface area contributed by atoms with Crippen molar-refractivity contribution in [2.75, 3.05) is 0 Å². The van der Waals surface area contributed by atoms with E-state index in [1.54, 1.807) is 12.1 Å². The summed E-state index contributed by atoms with van der Waals surface area (Å²) < 4.78 is 15.5. The van der Waals surface area contributed by atoms with Gasteiger partial charge in [-0.05, 0) is 78.1 Å². The van der Waals surface area contributed by atoms with Gasteiger partial charge in [-0.15, -0.1) is 5.10 Å². The molecule has 7 nitrogen and oxygen atoms in total. The number of rotatable bonds is 7. The Kier molecular flexibility index (Phi) is 6.72. The van der Waals surface area contributed by atoms with Crippen LogP contribution in [-0.2, 0) is 19.6 Å². The van der Waals surface area contributed by atoms with Gasteiger partial charge in [0.1, 0.15) is 5.82 Å².